The van der Waals surface area contributed by atoms with Crippen molar-refractivity contribution in [3.8, 4) is 5.75 Å². The number of aromatic nitrogens is 2. The molecule has 4 nitrogen and oxygen atoms in total. The quantitative estimate of drug-likeness (QED) is 0.591. The Morgan fingerprint density at radius 3 is 2.69 bits per heavy atom. The van der Waals surface area contributed by atoms with Crippen LogP contribution in [-0.2, 0) is 0 Å². The number of nitrogens with two attached hydrogens (primary N) is 1. The van der Waals surface area contributed by atoms with E-state index in [2.05, 4.69) is 23.8 Å². The zero-order valence-electron chi connectivity index (χ0n) is 7.94. The second-order valence-electron chi connectivity index (χ2n) is 2.76. The van der Waals surface area contributed by atoms with E-state index in [9.17, 15) is 0 Å². The number of thioether (sulfide) groups is 1. The topological polar surface area (TPSA) is 61.0 Å². The smallest absolute Gasteiger partial charge is 0.193 e. The van der Waals surface area contributed by atoms with Gasteiger partial charge in [0.1, 0.15) is 11.4 Å². The number of nitrogens with zero attached hydrogens (tertiary/aromatic N) is 2. The second-order valence-corrected chi connectivity index (χ2v) is 4.33. The molecule has 0 atom stereocenters. The molecule has 0 spiro atoms. The van der Waals surface area contributed by atoms with Crippen LogP contribution in [0.1, 0.15) is 13.8 Å². The van der Waals surface area contributed by atoms with E-state index >= 15 is 0 Å². The summed E-state index contributed by atoms with van der Waals surface area (Å²) in [4.78, 5) is 7.94. The van der Waals surface area contributed by atoms with Crippen LogP contribution in [0.4, 0.5) is 5.82 Å². The Bertz CT molecular complexity index is 291. The van der Waals surface area contributed by atoms with E-state index in [0.717, 1.165) is 5.03 Å². The van der Waals surface area contributed by atoms with Crippen molar-refractivity contribution in [2.75, 3.05) is 12.8 Å². The van der Waals surface area contributed by atoms with Crippen molar-refractivity contribution in [3.63, 3.8) is 0 Å². The molecular formula is C8H13N3OS. The summed E-state index contributed by atoms with van der Waals surface area (Å²) >= 11 is 1.61. The third-order valence-corrected chi connectivity index (χ3v) is 2.34. The van der Waals surface area contributed by atoms with Gasteiger partial charge in [0.25, 0.3) is 0 Å². The van der Waals surface area contributed by atoms with Crippen LogP contribution in [0.5, 0.6) is 5.75 Å². The highest BCUT2D eigenvalue weighted by molar-refractivity contribution is 7.99. The molecule has 0 saturated heterocycles. The van der Waals surface area contributed by atoms with Gasteiger partial charge >= 0.3 is 0 Å². The molecule has 0 radical (unpaired) electrons. The van der Waals surface area contributed by atoms with Crippen molar-refractivity contribution in [1.29, 1.82) is 0 Å². The van der Waals surface area contributed by atoms with E-state index in [1.807, 2.05) is 0 Å². The van der Waals surface area contributed by atoms with Crippen LogP contribution in [0.25, 0.3) is 0 Å². The van der Waals surface area contributed by atoms with Gasteiger partial charge in [-0.15, -0.1) is 0 Å². The van der Waals surface area contributed by atoms with Gasteiger partial charge in [-0.25, -0.2) is 9.97 Å². The summed E-state index contributed by atoms with van der Waals surface area (Å²) in [6, 6.07) is 0. The molecular weight excluding hydrogens is 186 g/mol. The number of rotatable bonds is 3. The van der Waals surface area contributed by atoms with E-state index in [4.69, 9.17) is 10.5 Å². The molecule has 13 heavy (non-hydrogen) atoms. The van der Waals surface area contributed by atoms with Crippen molar-refractivity contribution in [2.24, 2.45) is 0 Å². The molecule has 0 aliphatic heterocycles. The molecule has 0 fully saturated rings. The third-order valence-electron chi connectivity index (χ3n) is 1.35. The first kappa shape index (κ1) is 10.1. The van der Waals surface area contributed by atoms with Gasteiger partial charge in [-0.2, -0.15) is 0 Å². The monoisotopic (exact) mass is 199 g/mol. The minimum Gasteiger partial charge on any atom is -0.490 e. The summed E-state index contributed by atoms with van der Waals surface area (Å²) < 4.78 is 5.11. The fourth-order valence-electron chi connectivity index (χ4n) is 0.869. The first-order valence-electron chi connectivity index (χ1n) is 3.96. The maximum absolute atomic E-state index is 5.62. The van der Waals surface area contributed by atoms with Crippen LogP contribution in [0.3, 0.4) is 0 Å². The summed E-state index contributed by atoms with van der Waals surface area (Å²) in [6.07, 6.45) is 1.45. The normalized spacial score (nSPS) is 10.5. The highest BCUT2D eigenvalue weighted by Gasteiger charge is 2.10. The number of ether oxygens (including phenoxy) is 1. The predicted octanol–water partition coefficient (Wildman–Crippen LogP) is 1.57. The average Bonchev–Trinajstić information content (AvgIpc) is 2.03. The van der Waals surface area contributed by atoms with Crippen molar-refractivity contribution >= 4 is 17.6 Å². The van der Waals surface area contributed by atoms with Crippen LogP contribution >= 0.6 is 11.8 Å². The molecule has 1 heterocycles. The summed E-state index contributed by atoms with van der Waals surface area (Å²) in [5.41, 5.74) is 5.62. The molecule has 0 unspecified atom stereocenters. The molecule has 0 bridgehead atoms. The van der Waals surface area contributed by atoms with Crippen LogP contribution < -0.4 is 10.5 Å². The highest BCUT2D eigenvalue weighted by Crippen LogP contribution is 2.32. The fraction of sp³-hybridized carbons (Fsp3) is 0.500. The Morgan fingerprint density at radius 1 is 1.46 bits per heavy atom. The van der Waals surface area contributed by atoms with Crippen molar-refractivity contribution in [2.45, 2.75) is 24.1 Å². The highest BCUT2D eigenvalue weighted by atomic mass is 32.2. The van der Waals surface area contributed by atoms with Crippen LogP contribution in [0.2, 0.25) is 0 Å². The maximum Gasteiger partial charge on any atom is 0.193 e. The number of methoxy groups -OCH3 is 1. The first-order chi connectivity index (χ1) is 6.15. The molecule has 0 saturated carbocycles. The summed E-state index contributed by atoms with van der Waals surface area (Å²) in [5.74, 6) is 0.960. The second kappa shape index (κ2) is 4.32. The maximum atomic E-state index is 5.62. The Kier molecular flexibility index (Phi) is 3.36. The van der Waals surface area contributed by atoms with E-state index in [-0.39, 0.29) is 0 Å². The lowest BCUT2D eigenvalue weighted by atomic mass is 10.5. The zero-order chi connectivity index (χ0) is 9.84. The van der Waals surface area contributed by atoms with Crippen molar-refractivity contribution in [1.82, 2.24) is 9.97 Å². The standard InChI is InChI=1S/C8H13N3OS/c1-5(2)13-8-6(12-3)7(9)10-4-11-8/h4-5H,1-3H3,(H2,9,10,11). The summed E-state index contributed by atoms with van der Waals surface area (Å²) in [7, 11) is 1.57. The Labute approximate surface area is 81.9 Å². The number of anilines is 1. The van der Waals surface area contributed by atoms with Gasteiger partial charge in [-0.05, 0) is 0 Å². The Morgan fingerprint density at radius 2 is 2.15 bits per heavy atom. The van der Waals surface area contributed by atoms with Crippen molar-refractivity contribution < 1.29 is 4.74 Å². The molecule has 72 valence electrons. The molecule has 1 aromatic heterocycles. The minimum atomic E-state index is 0.389. The minimum absolute atomic E-state index is 0.389. The molecule has 0 aliphatic carbocycles. The van der Waals surface area contributed by atoms with Gasteiger partial charge in [0.05, 0.1) is 7.11 Å². The van der Waals surface area contributed by atoms with Gasteiger partial charge < -0.3 is 10.5 Å². The number of hydrogen-bond donors (Lipinski definition) is 1. The Balaban J connectivity index is 2.98. The lowest BCUT2D eigenvalue weighted by molar-refractivity contribution is 0.401. The average molecular weight is 199 g/mol. The van der Waals surface area contributed by atoms with E-state index in [1.165, 1.54) is 6.33 Å². The number of nitrogen functional groups attached to an aromatic ring is 1. The van der Waals surface area contributed by atoms with E-state index in [1.54, 1.807) is 18.9 Å². The van der Waals surface area contributed by atoms with Gasteiger partial charge in [0.2, 0.25) is 0 Å². The van der Waals surface area contributed by atoms with E-state index < -0.39 is 0 Å². The number of hydrogen-bond acceptors (Lipinski definition) is 5. The molecule has 0 aromatic carbocycles. The van der Waals surface area contributed by atoms with Gasteiger partial charge in [-0.1, -0.05) is 25.6 Å². The Hall–Kier alpha value is -0.970. The lowest BCUT2D eigenvalue weighted by Crippen LogP contribution is -2.00. The molecule has 2 N–H and O–H groups in total. The molecule has 5 heteroatoms. The summed E-state index contributed by atoms with van der Waals surface area (Å²) in [6.45, 7) is 4.17. The zero-order valence-corrected chi connectivity index (χ0v) is 8.76. The van der Waals surface area contributed by atoms with Gasteiger partial charge in [-0.3, -0.25) is 0 Å². The fourth-order valence-corrected chi connectivity index (χ4v) is 1.72. The molecule has 0 aliphatic rings. The SMILES string of the molecule is COc1c(N)ncnc1SC(C)C. The largest absolute Gasteiger partial charge is 0.490 e. The molecule has 0 amide bonds. The van der Waals surface area contributed by atoms with Crippen LogP contribution in [0.15, 0.2) is 11.4 Å². The molecule has 1 rings (SSSR count). The van der Waals surface area contributed by atoms with Gasteiger partial charge in [0, 0.05) is 5.25 Å². The lowest BCUT2D eigenvalue weighted by Gasteiger charge is -2.09. The van der Waals surface area contributed by atoms with E-state index in [0.29, 0.717) is 16.8 Å². The summed E-state index contributed by atoms with van der Waals surface area (Å²) in [5, 5.41) is 1.24. The predicted molar refractivity (Wildman–Crippen MR) is 54.0 cm³/mol. The first-order valence-corrected chi connectivity index (χ1v) is 4.84. The molecule has 1 aromatic rings. The van der Waals surface area contributed by atoms with Crippen LogP contribution in [-0.4, -0.2) is 22.3 Å². The third kappa shape index (κ3) is 2.48. The van der Waals surface area contributed by atoms with Crippen molar-refractivity contribution in [3.05, 3.63) is 6.33 Å². The van der Waals surface area contributed by atoms with Gasteiger partial charge in [0.15, 0.2) is 11.6 Å². The van der Waals surface area contributed by atoms with Crippen LogP contribution in [0, 0.1) is 0 Å².